The van der Waals surface area contributed by atoms with Gasteiger partial charge in [-0.3, -0.25) is 9.69 Å². The fraction of sp³-hybridized carbons (Fsp3) is 0.533. The van der Waals surface area contributed by atoms with Crippen LogP contribution in [-0.4, -0.2) is 30.6 Å². The van der Waals surface area contributed by atoms with E-state index in [2.05, 4.69) is 20.7 Å². The number of halogens is 3. The predicted molar refractivity (Wildman–Crippen MR) is 78.7 cm³/mol. The molecule has 0 N–H and O–H groups in total. The van der Waals surface area contributed by atoms with Crippen LogP contribution < -0.4 is 0 Å². The van der Waals surface area contributed by atoms with Gasteiger partial charge >= 0.3 is 5.97 Å². The van der Waals surface area contributed by atoms with Crippen LogP contribution in [0.3, 0.4) is 0 Å². The Hall–Kier alpha value is -1.01. The molecule has 0 unspecified atom stereocenters. The number of carbonyl (C=O) groups is 1. The van der Waals surface area contributed by atoms with Crippen LogP contribution in [0, 0.1) is 11.6 Å². The Kier molecular flexibility index (Phi) is 5.70. The van der Waals surface area contributed by atoms with E-state index in [-0.39, 0.29) is 29.2 Å². The average molecular weight is 362 g/mol. The van der Waals surface area contributed by atoms with E-state index in [4.69, 9.17) is 0 Å². The van der Waals surface area contributed by atoms with Crippen LogP contribution in [0.25, 0.3) is 0 Å². The van der Waals surface area contributed by atoms with Crippen LogP contribution in [-0.2, 0) is 16.1 Å². The molecule has 0 saturated heterocycles. The fourth-order valence-corrected chi connectivity index (χ4v) is 3.10. The zero-order valence-electron chi connectivity index (χ0n) is 11.9. The number of rotatable bonds is 5. The number of benzene rings is 1. The normalized spacial score (nSPS) is 15.7. The summed E-state index contributed by atoms with van der Waals surface area (Å²) in [5.41, 5.74) is -0.0137. The summed E-state index contributed by atoms with van der Waals surface area (Å²) in [6.07, 6.45) is 4.03. The molecule has 3 nitrogen and oxygen atoms in total. The van der Waals surface area contributed by atoms with Crippen molar-refractivity contribution in [3.05, 3.63) is 33.8 Å². The standard InChI is InChI=1S/C15H18BrF2NO2/c1-21-14(20)9-19(10-4-2-3-5-10)8-11-13(17)7-6-12(16)15(11)18/h6-7,10H,2-5,8-9H2,1H3. The van der Waals surface area contributed by atoms with Gasteiger partial charge in [-0.05, 0) is 40.9 Å². The largest absolute Gasteiger partial charge is 0.468 e. The van der Waals surface area contributed by atoms with Gasteiger partial charge in [0.15, 0.2) is 0 Å². The molecule has 1 fully saturated rings. The molecule has 0 amide bonds. The first-order valence-corrected chi connectivity index (χ1v) is 7.75. The van der Waals surface area contributed by atoms with Crippen molar-refractivity contribution in [3.8, 4) is 0 Å². The molecule has 116 valence electrons. The van der Waals surface area contributed by atoms with Crippen molar-refractivity contribution in [1.82, 2.24) is 4.90 Å². The van der Waals surface area contributed by atoms with E-state index >= 15 is 0 Å². The summed E-state index contributed by atoms with van der Waals surface area (Å²) >= 11 is 3.07. The van der Waals surface area contributed by atoms with Crippen LogP contribution in [0.2, 0.25) is 0 Å². The number of ether oxygens (including phenoxy) is 1. The van der Waals surface area contributed by atoms with Crippen molar-refractivity contribution in [2.75, 3.05) is 13.7 Å². The van der Waals surface area contributed by atoms with Gasteiger partial charge in [-0.2, -0.15) is 0 Å². The van der Waals surface area contributed by atoms with Gasteiger partial charge in [0.1, 0.15) is 11.6 Å². The number of methoxy groups -OCH3 is 1. The molecule has 0 radical (unpaired) electrons. The minimum absolute atomic E-state index is 0.0137. The monoisotopic (exact) mass is 361 g/mol. The first kappa shape index (κ1) is 16.4. The van der Waals surface area contributed by atoms with Crippen LogP contribution in [0.1, 0.15) is 31.2 Å². The predicted octanol–water partition coefficient (Wildman–Crippen LogP) is 3.64. The van der Waals surface area contributed by atoms with E-state index < -0.39 is 17.6 Å². The van der Waals surface area contributed by atoms with Gasteiger partial charge < -0.3 is 4.74 Å². The van der Waals surface area contributed by atoms with Crippen molar-refractivity contribution >= 4 is 21.9 Å². The highest BCUT2D eigenvalue weighted by Gasteiger charge is 2.27. The van der Waals surface area contributed by atoms with Gasteiger partial charge in [0.05, 0.1) is 18.1 Å². The van der Waals surface area contributed by atoms with Crippen LogP contribution >= 0.6 is 15.9 Å². The highest BCUT2D eigenvalue weighted by molar-refractivity contribution is 9.10. The van der Waals surface area contributed by atoms with Crippen LogP contribution in [0.5, 0.6) is 0 Å². The average Bonchev–Trinajstić information content (AvgIpc) is 3.00. The molecule has 1 aromatic carbocycles. The zero-order chi connectivity index (χ0) is 15.4. The van der Waals surface area contributed by atoms with E-state index in [0.29, 0.717) is 0 Å². The number of hydrogen-bond acceptors (Lipinski definition) is 3. The fourth-order valence-electron chi connectivity index (χ4n) is 2.73. The summed E-state index contributed by atoms with van der Waals surface area (Å²) in [7, 11) is 1.31. The van der Waals surface area contributed by atoms with Crippen molar-refractivity contribution in [3.63, 3.8) is 0 Å². The molecule has 1 saturated carbocycles. The third-order valence-electron chi connectivity index (χ3n) is 3.90. The van der Waals surface area contributed by atoms with Gasteiger partial charge in [-0.15, -0.1) is 0 Å². The third-order valence-corrected chi connectivity index (χ3v) is 4.51. The zero-order valence-corrected chi connectivity index (χ0v) is 13.5. The van der Waals surface area contributed by atoms with Gasteiger partial charge in [0.25, 0.3) is 0 Å². The molecule has 0 heterocycles. The first-order chi connectivity index (χ1) is 10.0. The maximum atomic E-state index is 14.1. The topological polar surface area (TPSA) is 29.5 Å². The van der Waals surface area contributed by atoms with Gasteiger partial charge in [0, 0.05) is 18.2 Å². The molecule has 1 aliphatic rings. The molecule has 0 aliphatic heterocycles. The van der Waals surface area contributed by atoms with Crippen LogP contribution in [0.15, 0.2) is 16.6 Å². The molecule has 1 aromatic rings. The molecule has 1 aliphatic carbocycles. The number of esters is 1. The smallest absolute Gasteiger partial charge is 0.319 e. The summed E-state index contributed by atoms with van der Waals surface area (Å²) in [4.78, 5) is 13.4. The van der Waals surface area contributed by atoms with E-state index in [0.717, 1.165) is 25.7 Å². The van der Waals surface area contributed by atoms with E-state index in [9.17, 15) is 13.6 Å². The number of carbonyl (C=O) groups excluding carboxylic acids is 1. The Labute approximate surface area is 131 Å². The SMILES string of the molecule is COC(=O)CN(Cc1c(F)ccc(Br)c1F)C1CCCC1. The Balaban J connectivity index is 2.21. The summed E-state index contributed by atoms with van der Waals surface area (Å²) < 4.78 is 32.9. The maximum Gasteiger partial charge on any atom is 0.319 e. The summed E-state index contributed by atoms with van der Waals surface area (Å²) in [6, 6.07) is 2.74. The molecular formula is C15H18BrF2NO2. The lowest BCUT2D eigenvalue weighted by atomic mass is 10.1. The molecule has 0 atom stereocenters. The molecule has 6 heteroatoms. The second-order valence-corrected chi connectivity index (χ2v) is 6.10. The lowest BCUT2D eigenvalue weighted by molar-refractivity contribution is -0.142. The van der Waals surface area contributed by atoms with E-state index in [1.54, 1.807) is 0 Å². The molecular weight excluding hydrogens is 344 g/mol. The Morgan fingerprint density at radius 3 is 2.67 bits per heavy atom. The summed E-state index contributed by atoms with van der Waals surface area (Å²) in [5, 5.41) is 0. The van der Waals surface area contributed by atoms with Crippen molar-refractivity contribution in [2.24, 2.45) is 0 Å². The minimum atomic E-state index is -0.608. The Bertz CT molecular complexity index is 519. The summed E-state index contributed by atoms with van der Waals surface area (Å²) in [5.74, 6) is -1.59. The van der Waals surface area contributed by atoms with Crippen molar-refractivity contribution in [2.45, 2.75) is 38.3 Å². The quantitative estimate of drug-likeness (QED) is 0.592. The highest BCUT2D eigenvalue weighted by atomic mass is 79.9. The molecule has 0 spiro atoms. The van der Waals surface area contributed by atoms with E-state index in [1.807, 2.05) is 4.90 Å². The van der Waals surface area contributed by atoms with Gasteiger partial charge in [0.2, 0.25) is 0 Å². The Morgan fingerprint density at radius 1 is 1.38 bits per heavy atom. The van der Waals surface area contributed by atoms with Gasteiger partial charge in [-0.1, -0.05) is 12.8 Å². The number of nitrogens with zero attached hydrogens (tertiary/aromatic N) is 1. The second-order valence-electron chi connectivity index (χ2n) is 5.24. The number of hydrogen-bond donors (Lipinski definition) is 0. The second kappa shape index (κ2) is 7.31. The lowest BCUT2D eigenvalue weighted by Gasteiger charge is -2.28. The van der Waals surface area contributed by atoms with Gasteiger partial charge in [-0.25, -0.2) is 8.78 Å². The summed E-state index contributed by atoms with van der Waals surface area (Å²) in [6.45, 7) is 0.115. The third kappa shape index (κ3) is 4.01. The molecule has 0 bridgehead atoms. The van der Waals surface area contributed by atoms with Crippen molar-refractivity contribution < 1.29 is 18.3 Å². The van der Waals surface area contributed by atoms with Crippen LogP contribution in [0.4, 0.5) is 8.78 Å². The molecule has 0 aromatic heterocycles. The van der Waals surface area contributed by atoms with E-state index in [1.165, 1.54) is 19.2 Å². The first-order valence-electron chi connectivity index (χ1n) is 6.96. The molecule has 2 rings (SSSR count). The Morgan fingerprint density at radius 2 is 2.05 bits per heavy atom. The minimum Gasteiger partial charge on any atom is -0.468 e. The van der Waals surface area contributed by atoms with Crippen molar-refractivity contribution in [1.29, 1.82) is 0 Å². The lowest BCUT2D eigenvalue weighted by Crippen LogP contribution is -2.38. The molecule has 21 heavy (non-hydrogen) atoms. The highest BCUT2D eigenvalue weighted by Crippen LogP contribution is 2.28. The maximum absolute atomic E-state index is 14.1.